The first-order chi connectivity index (χ1) is 56.0. The van der Waals surface area contributed by atoms with E-state index in [0.717, 1.165) is 0 Å². The van der Waals surface area contributed by atoms with Crippen LogP contribution in [0.5, 0.6) is 0 Å². The zero-order valence-electron chi connectivity index (χ0n) is 83.9. The number of furan rings is 1. The number of nitrogens with zero attached hydrogens (tertiary/aromatic N) is 15. The average molecular weight is 1880 g/mol. The first kappa shape index (κ1) is 189. The minimum absolute atomic E-state index is 0. The Morgan fingerprint density at radius 1 is 0.226 bits per heavy atom. The summed E-state index contributed by atoms with van der Waals surface area (Å²) in [5, 5.41) is 23.4. The number of imidazole rings is 1. The summed E-state index contributed by atoms with van der Waals surface area (Å²) in [4.78, 5) is 36.8. The molecule has 673 valence electrons. The molecule has 0 aliphatic carbocycles. The molecule has 3 radical (unpaired) electrons. The van der Waals surface area contributed by atoms with Crippen molar-refractivity contribution in [3.8, 4) is 0 Å². The number of thiophene rings is 1. The van der Waals surface area contributed by atoms with Gasteiger partial charge in [-0.1, -0.05) is 393 Å². The first-order valence-electron chi connectivity index (χ1n) is 42.2. The number of rotatable bonds is 0. The molecule has 0 atom stereocenters. The molecule has 0 saturated heterocycles. The van der Waals surface area contributed by atoms with E-state index in [0.29, 0.717) is 0 Å². The number of oxazole rings is 1. The number of hydrogen-bond donors (Lipinski definition) is 0. The van der Waals surface area contributed by atoms with E-state index in [1.54, 1.807) is 177 Å². The molecule has 0 amide bonds. The molecule has 0 spiro atoms. The largest absolute Gasteiger partial charge is 0.670 e. The van der Waals surface area contributed by atoms with E-state index in [1.807, 2.05) is 415 Å². The smallest absolute Gasteiger partial charge is 0.180 e. The molecule has 0 fully saturated rings. The van der Waals surface area contributed by atoms with Gasteiger partial charge in [-0.25, -0.2) is 15.0 Å². The number of hydrogen-bond acceptors (Lipinski definition) is 17. The van der Waals surface area contributed by atoms with E-state index >= 15 is 0 Å². The first-order valence-corrected chi connectivity index (χ1v) is 44.0. The molecule has 0 aliphatic heterocycles. The maximum Gasteiger partial charge on any atom is 0.180 e. The molecule has 0 saturated carbocycles. The van der Waals surface area contributed by atoms with Gasteiger partial charge in [0.1, 0.15) is 18.9 Å². The summed E-state index contributed by atoms with van der Waals surface area (Å²) in [7, 11) is 0. The summed E-state index contributed by atoms with van der Waals surface area (Å²) in [6.07, 6.45) is 42.4. The number of aromatic nitrogens is 15. The summed E-state index contributed by atoms with van der Waals surface area (Å²) in [6, 6.07) is 26.1. The van der Waals surface area contributed by atoms with Gasteiger partial charge < -0.3 is 38.5 Å². The molecular weight excluding hydrogens is 1690 g/mol. The van der Waals surface area contributed by atoms with Crippen LogP contribution in [-0.4, -0.2) is 60.3 Å². The van der Waals surface area contributed by atoms with Gasteiger partial charge in [0.2, 0.25) is 0 Å². The third-order valence-electron chi connectivity index (χ3n) is 5.10. The maximum atomic E-state index is 4.58. The molecule has 12 aromatic heterocycles. The minimum Gasteiger partial charge on any atom is -0.670 e. The van der Waals surface area contributed by atoms with Crippen molar-refractivity contribution in [2.24, 2.45) is 0 Å². The van der Waals surface area contributed by atoms with Crippen LogP contribution in [0.3, 0.4) is 0 Å². The zero-order valence-corrected chi connectivity index (χ0v) is 94.0. The molecule has 12 heterocycles. The fraction of sp³-hybridized carbons (Fsp3) is 0.522. The molecule has 115 heavy (non-hydrogen) atoms. The second-order valence-electron chi connectivity index (χ2n) is 9.63. The van der Waals surface area contributed by atoms with Crippen molar-refractivity contribution < 1.29 is 111 Å². The van der Waals surface area contributed by atoms with E-state index in [2.05, 4.69) is 88.7 Å². The molecule has 12 aromatic rings. The molecule has 0 unspecified atom stereocenters. The van der Waals surface area contributed by atoms with Gasteiger partial charge in [0.05, 0.1) is 30.4 Å². The van der Waals surface area contributed by atoms with Gasteiger partial charge in [0.25, 0.3) is 0 Å². The van der Waals surface area contributed by atoms with Crippen LogP contribution < -0.4 is 15.1 Å². The van der Waals surface area contributed by atoms with Gasteiger partial charge >= 0.3 is 0 Å². The topological polar surface area (TPSA) is 236 Å². The van der Waals surface area contributed by atoms with Crippen LogP contribution in [0.4, 0.5) is 0 Å². The van der Waals surface area contributed by atoms with E-state index in [-0.39, 0.29) is 98.1 Å². The molecule has 0 N–H and O–H groups in total. The summed E-state index contributed by atoms with van der Waals surface area (Å²) in [5.74, 6) is 0. The van der Waals surface area contributed by atoms with E-state index < -0.39 is 0 Å². The predicted octanol–water partition coefficient (Wildman–Crippen LogP) is 33.4. The molecule has 0 aromatic carbocycles. The third kappa shape index (κ3) is 360. The molecular formula is C92H188N15O3S2Y3-3. The van der Waals surface area contributed by atoms with Gasteiger partial charge in [-0.2, -0.15) is 40.1 Å². The quantitative estimate of drug-likeness (QED) is 0.137. The van der Waals surface area contributed by atoms with E-state index in [4.69, 9.17) is 0 Å². The van der Waals surface area contributed by atoms with Crippen molar-refractivity contribution in [1.29, 1.82) is 0 Å². The van der Waals surface area contributed by atoms with Gasteiger partial charge in [-0.3, -0.25) is 19.9 Å². The van der Waals surface area contributed by atoms with Crippen LogP contribution in [0, 0.1) is 0 Å². The van der Waals surface area contributed by atoms with Crippen LogP contribution in [0.25, 0.3) is 0 Å². The van der Waals surface area contributed by atoms with Crippen LogP contribution >= 0.6 is 22.7 Å². The summed E-state index contributed by atoms with van der Waals surface area (Å²) in [6.45, 7) is 96.0. The van der Waals surface area contributed by atoms with Crippen molar-refractivity contribution in [3.05, 3.63) is 268 Å². The van der Waals surface area contributed by atoms with Gasteiger partial charge in [0.15, 0.2) is 6.39 Å². The average Bonchev–Trinajstić information content (AvgIpc) is 2.12. The summed E-state index contributed by atoms with van der Waals surface area (Å²) < 4.78 is 13.4. The Bertz CT molecular complexity index is 1620. The molecule has 18 nitrogen and oxygen atoms in total. The van der Waals surface area contributed by atoms with Crippen molar-refractivity contribution >= 4 is 22.7 Å². The fourth-order valence-electron chi connectivity index (χ4n) is 2.69. The molecule has 12 rings (SSSR count). The standard InChI is InChI=1S/C5H5N.3C4H4N2.C4H4N.C4H4O.C4H4S.2C3H3N2.2C3H3NO.C3H3NS.24C2H6.3Y/c1-2-4-6-5-3-1;1-2-6-4-3-5-1;1-2-5-4-6-3-1;1-2-4-6-5-3-1;3*1-2-4-5-3-1;1-2-5-3-4-1;1-2-4-5-3-1;1-2-5-3-4-1;1-2-4-5-3-1;1-2-5-3-4-1;24*1-2;;;/h1-5H;3*1-4H;3*1-4H;5*1-3H;24*1-2H3;;;/q;;;;-1;;;2*-1;;;;;;;;;;;;;;;;;;;;;;;;;;;;;;. The van der Waals surface area contributed by atoms with Crippen LogP contribution in [-0.2, 0) is 98.1 Å². The van der Waals surface area contributed by atoms with E-state index in [9.17, 15) is 0 Å². The monoisotopic (exact) mass is 1880 g/mol. The van der Waals surface area contributed by atoms with Gasteiger partial charge in [0, 0.05) is 178 Å². The minimum atomic E-state index is 0. The third-order valence-corrected chi connectivity index (χ3v) is 6.25. The van der Waals surface area contributed by atoms with Crippen LogP contribution in [0.15, 0.2) is 282 Å². The molecule has 23 heteroatoms. The Balaban J connectivity index is -0.0000000280. The maximum absolute atomic E-state index is 4.58. The molecule has 0 bridgehead atoms. The Morgan fingerprint density at radius 2 is 0.609 bits per heavy atom. The van der Waals surface area contributed by atoms with Crippen LogP contribution in [0.1, 0.15) is 332 Å². The van der Waals surface area contributed by atoms with Crippen molar-refractivity contribution in [3.63, 3.8) is 0 Å². The summed E-state index contributed by atoms with van der Waals surface area (Å²) >= 11 is 3.31. The predicted molar refractivity (Wildman–Crippen MR) is 516 cm³/mol. The second kappa shape index (κ2) is 367. The number of pyridine rings is 1. The number of thiazole rings is 1. The zero-order chi connectivity index (χ0) is 93.3. The van der Waals surface area contributed by atoms with Gasteiger partial charge in [-0.05, 0) is 59.3 Å². The summed E-state index contributed by atoms with van der Waals surface area (Å²) in [5.41, 5.74) is 1.79. The van der Waals surface area contributed by atoms with Crippen molar-refractivity contribution in [2.45, 2.75) is 332 Å². The Labute approximate surface area is 802 Å². The van der Waals surface area contributed by atoms with Crippen LogP contribution in [0.2, 0.25) is 0 Å². The van der Waals surface area contributed by atoms with E-state index in [1.165, 1.54) is 31.6 Å². The van der Waals surface area contributed by atoms with Gasteiger partial charge in [-0.15, -0.1) is 11.3 Å². The Morgan fingerprint density at radius 3 is 0.713 bits per heavy atom. The van der Waals surface area contributed by atoms with Crippen molar-refractivity contribution in [2.75, 3.05) is 0 Å². The Hall–Kier alpha value is -5.57. The molecule has 0 aliphatic rings. The SMILES string of the molecule is CC.CC.CC.CC.CC.CC.CC.CC.CC.CC.CC.CC.CC.CC.CC.CC.CC.CC.CC.CC.CC.CC.CC.CC.[Y].[Y].[Y].c1c[n-]cn1.c1cc[n-]c1.c1ccncc1.c1ccnnc1.c1ccoc1.c1ccsc1.c1cn[n-]c1.c1cnccn1.c1cncnc1.c1cnoc1.c1cocn1.c1cscn1. The van der Waals surface area contributed by atoms with Crippen molar-refractivity contribution in [1.82, 2.24) is 75.4 Å². The Kier molecular flexibility index (Phi) is 604. The second-order valence-corrected chi connectivity index (χ2v) is 11.2. The normalized spacial score (nSPS) is 5.70. The fourth-order valence-corrected chi connectivity index (χ4v) is 3.49.